The van der Waals surface area contributed by atoms with Crippen LogP contribution in [-0.4, -0.2) is 30.9 Å². The molecule has 0 atom stereocenters. The number of carboxylic acids is 1. The second kappa shape index (κ2) is 5.83. The molecular weight excluding hydrogens is 256 g/mol. The van der Waals surface area contributed by atoms with Crippen LogP contribution in [0, 0.1) is 5.92 Å². The first-order chi connectivity index (χ1) is 9.74. The van der Waals surface area contributed by atoms with Crippen LogP contribution in [0.25, 0.3) is 0 Å². The lowest BCUT2D eigenvalue weighted by Crippen LogP contribution is -2.21. The zero-order valence-electron chi connectivity index (χ0n) is 11.5. The Morgan fingerprint density at radius 1 is 1.25 bits per heavy atom. The molecule has 4 nitrogen and oxygen atoms in total. The van der Waals surface area contributed by atoms with Gasteiger partial charge in [0.25, 0.3) is 0 Å². The van der Waals surface area contributed by atoms with E-state index in [2.05, 4.69) is 0 Å². The molecule has 108 valence electrons. The molecule has 0 amide bonds. The van der Waals surface area contributed by atoms with Crippen LogP contribution < -0.4 is 4.74 Å². The van der Waals surface area contributed by atoms with E-state index in [4.69, 9.17) is 9.47 Å². The third kappa shape index (κ3) is 3.12. The molecule has 0 bridgehead atoms. The Balaban J connectivity index is 1.66. The lowest BCUT2D eigenvalue weighted by atomic mass is 10.0. The predicted octanol–water partition coefficient (Wildman–Crippen LogP) is 3.07. The van der Waals surface area contributed by atoms with Crippen LogP contribution in [-0.2, 0) is 4.74 Å². The van der Waals surface area contributed by atoms with Crippen molar-refractivity contribution in [3.05, 3.63) is 29.3 Å². The SMILES string of the molecule is O=C(O)c1cc(OCC2CCOCC2)ccc1C1CC1. The Morgan fingerprint density at radius 2 is 2.00 bits per heavy atom. The van der Waals surface area contributed by atoms with Crippen molar-refractivity contribution in [3.8, 4) is 5.75 Å². The number of aromatic carboxylic acids is 1. The first-order valence-corrected chi connectivity index (χ1v) is 7.32. The molecule has 0 aromatic heterocycles. The topological polar surface area (TPSA) is 55.8 Å². The van der Waals surface area contributed by atoms with Gasteiger partial charge in [-0.2, -0.15) is 0 Å². The minimum atomic E-state index is -0.858. The van der Waals surface area contributed by atoms with E-state index in [0.29, 0.717) is 29.8 Å². The van der Waals surface area contributed by atoms with Gasteiger partial charge in [-0.1, -0.05) is 6.07 Å². The quantitative estimate of drug-likeness (QED) is 0.898. The average molecular weight is 276 g/mol. The summed E-state index contributed by atoms with van der Waals surface area (Å²) in [6.45, 7) is 2.25. The Hall–Kier alpha value is -1.55. The average Bonchev–Trinajstić information content (AvgIpc) is 3.30. The van der Waals surface area contributed by atoms with Gasteiger partial charge in [0.05, 0.1) is 12.2 Å². The zero-order valence-corrected chi connectivity index (χ0v) is 11.5. The summed E-state index contributed by atoms with van der Waals surface area (Å²) < 4.78 is 11.1. The summed E-state index contributed by atoms with van der Waals surface area (Å²) in [6.07, 6.45) is 4.24. The number of carbonyl (C=O) groups is 1. The monoisotopic (exact) mass is 276 g/mol. The Bertz CT molecular complexity index is 487. The molecule has 0 radical (unpaired) electrons. The molecule has 2 fully saturated rings. The molecule has 1 saturated carbocycles. The Morgan fingerprint density at radius 3 is 2.65 bits per heavy atom. The van der Waals surface area contributed by atoms with Gasteiger partial charge in [0.15, 0.2) is 0 Å². The van der Waals surface area contributed by atoms with E-state index >= 15 is 0 Å². The van der Waals surface area contributed by atoms with Crippen LogP contribution >= 0.6 is 0 Å². The first kappa shape index (κ1) is 13.4. The van der Waals surface area contributed by atoms with E-state index in [0.717, 1.165) is 44.5 Å². The highest BCUT2D eigenvalue weighted by molar-refractivity contribution is 5.90. The Kier molecular flexibility index (Phi) is 3.92. The molecule has 1 aliphatic carbocycles. The molecule has 0 spiro atoms. The molecule has 1 aromatic carbocycles. The van der Waals surface area contributed by atoms with Crippen molar-refractivity contribution in [1.29, 1.82) is 0 Å². The maximum Gasteiger partial charge on any atom is 0.336 e. The van der Waals surface area contributed by atoms with Crippen molar-refractivity contribution < 1.29 is 19.4 Å². The van der Waals surface area contributed by atoms with Crippen LogP contribution in [0.1, 0.15) is 47.5 Å². The van der Waals surface area contributed by atoms with Gasteiger partial charge >= 0.3 is 5.97 Å². The zero-order chi connectivity index (χ0) is 13.9. The van der Waals surface area contributed by atoms with Crippen LogP contribution in [0.2, 0.25) is 0 Å². The lowest BCUT2D eigenvalue weighted by Gasteiger charge is -2.22. The second-order valence-electron chi connectivity index (χ2n) is 5.70. The third-order valence-electron chi connectivity index (χ3n) is 4.10. The Labute approximate surface area is 118 Å². The molecule has 1 aliphatic heterocycles. The summed E-state index contributed by atoms with van der Waals surface area (Å²) in [7, 11) is 0. The van der Waals surface area contributed by atoms with Crippen molar-refractivity contribution >= 4 is 5.97 Å². The van der Waals surface area contributed by atoms with Gasteiger partial charge in [-0.05, 0) is 55.2 Å². The van der Waals surface area contributed by atoms with Gasteiger partial charge < -0.3 is 14.6 Å². The van der Waals surface area contributed by atoms with E-state index in [9.17, 15) is 9.90 Å². The minimum Gasteiger partial charge on any atom is -0.493 e. The highest BCUT2D eigenvalue weighted by atomic mass is 16.5. The van der Waals surface area contributed by atoms with Gasteiger partial charge in [-0.15, -0.1) is 0 Å². The van der Waals surface area contributed by atoms with Crippen LogP contribution in [0.15, 0.2) is 18.2 Å². The maximum atomic E-state index is 11.3. The van der Waals surface area contributed by atoms with Gasteiger partial charge in [0.1, 0.15) is 5.75 Å². The van der Waals surface area contributed by atoms with E-state index in [1.807, 2.05) is 12.1 Å². The molecule has 1 saturated heterocycles. The first-order valence-electron chi connectivity index (χ1n) is 7.32. The minimum absolute atomic E-state index is 0.400. The van der Waals surface area contributed by atoms with Crippen molar-refractivity contribution in [1.82, 2.24) is 0 Å². The van der Waals surface area contributed by atoms with Gasteiger partial charge in [-0.3, -0.25) is 0 Å². The van der Waals surface area contributed by atoms with E-state index < -0.39 is 5.97 Å². The molecule has 1 N–H and O–H groups in total. The fourth-order valence-electron chi connectivity index (χ4n) is 2.69. The summed E-state index contributed by atoms with van der Waals surface area (Å²) in [6, 6.07) is 5.50. The maximum absolute atomic E-state index is 11.3. The fraction of sp³-hybridized carbons (Fsp3) is 0.562. The third-order valence-corrected chi connectivity index (χ3v) is 4.10. The molecule has 1 aromatic rings. The molecule has 20 heavy (non-hydrogen) atoms. The van der Waals surface area contributed by atoms with Crippen molar-refractivity contribution in [2.24, 2.45) is 5.92 Å². The second-order valence-corrected chi connectivity index (χ2v) is 5.70. The van der Waals surface area contributed by atoms with Gasteiger partial charge in [0, 0.05) is 13.2 Å². The van der Waals surface area contributed by atoms with Gasteiger partial charge in [-0.25, -0.2) is 4.79 Å². The predicted molar refractivity (Wildman–Crippen MR) is 74.4 cm³/mol. The van der Waals surface area contributed by atoms with E-state index in [1.165, 1.54) is 0 Å². The normalized spacial score (nSPS) is 19.8. The summed E-state index contributed by atoms with van der Waals surface area (Å²) >= 11 is 0. The largest absolute Gasteiger partial charge is 0.493 e. The van der Waals surface area contributed by atoms with Crippen LogP contribution in [0.3, 0.4) is 0 Å². The number of rotatable bonds is 5. The number of carboxylic acid groups (broad SMARTS) is 1. The molecule has 2 aliphatic rings. The number of hydrogen-bond acceptors (Lipinski definition) is 3. The van der Waals surface area contributed by atoms with Crippen LogP contribution in [0.4, 0.5) is 0 Å². The standard InChI is InChI=1S/C16H20O4/c17-16(18)15-9-13(3-4-14(15)12-1-2-12)20-10-11-5-7-19-8-6-11/h3-4,9,11-12H,1-2,5-8,10H2,(H,17,18). The molecule has 1 heterocycles. The molecular formula is C16H20O4. The van der Waals surface area contributed by atoms with E-state index in [-0.39, 0.29) is 0 Å². The molecule has 4 heteroatoms. The smallest absolute Gasteiger partial charge is 0.336 e. The van der Waals surface area contributed by atoms with Crippen molar-refractivity contribution in [2.75, 3.05) is 19.8 Å². The number of benzene rings is 1. The summed E-state index contributed by atoms with van der Waals surface area (Å²) in [5.41, 5.74) is 1.35. The van der Waals surface area contributed by atoms with Crippen molar-refractivity contribution in [3.63, 3.8) is 0 Å². The highest BCUT2D eigenvalue weighted by Crippen LogP contribution is 2.42. The number of hydrogen-bond donors (Lipinski definition) is 1. The van der Waals surface area contributed by atoms with Crippen LogP contribution in [0.5, 0.6) is 5.75 Å². The summed E-state index contributed by atoms with van der Waals surface area (Å²) in [5.74, 6) is 0.757. The molecule has 0 unspecified atom stereocenters. The summed E-state index contributed by atoms with van der Waals surface area (Å²) in [5, 5.41) is 9.31. The fourth-order valence-corrected chi connectivity index (χ4v) is 2.69. The van der Waals surface area contributed by atoms with Crippen molar-refractivity contribution in [2.45, 2.75) is 31.6 Å². The highest BCUT2D eigenvalue weighted by Gasteiger charge is 2.28. The number of ether oxygens (including phenoxy) is 2. The lowest BCUT2D eigenvalue weighted by molar-refractivity contribution is 0.0497. The van der Waals surface area contributed by atoms with E-state index in [1.54, 1.807) is 6.07 Å². The molecule has 3 rings (SSSR count). The van der Waals surface area contributed by atoms with Gasteiger partial charge in [0.2, 0.25) is 0 Å². The summed E-state index contributed by atoms with van der Waals surface area (Å²) in [4.78, 5) is 11.3.